The highest BCUT2D eigenvalue weighted by Gasteiger charge is 2.25. The van der Waals surface area contributed by atoms with Crippen molar-refractivity contribution >= 4 is 34.6 Å². The fourth-order valence-electron chi connectivity index (χ4n) is 3.20. The van der Waals surface area contributed by atoms with Crippen LogP contribution in [0.25, 0.3) is 0 Å². The van der Waals surface area contributed by atoms with E-state index in [4.69, 9.17) is 23.8 Å². The van der Waals surface area contributed by atoms with Gasteiger partial charge in [-0.2, -0.15) is 0 Å². The number of aryl methyl sites for hydroxylation is 1. The van der Waals surface area contributed by atoms with E-state index in [-0.39, 0.29) is 0 Å². The maximum absolute atomic E-state index is 6.05. The van der Waals surface area contributed by atoms with E-state index in [1.807, 2.05) is 43.5 Å². The summed E-state index contributed by atoms with van der Waals surface area (Å²) in [6.07, 6.45) is 6.75. The maximum Gasteiger partial charge on any atom is 0.174 e. The zero-order chi connectivity index (χ0) is 16.9. The van der Waals surface area contributed by atoms with Crippen molar-refractivity contribution in [1.29, 1.82) is 0 Å². The van der Waals surface area contributed by atoms with Crippen LogP contribution >= 0.6 is 23.8 Å². The Bertz CT molecular complexity index is 699. The Morgan fingerprint density at radius 2 is 2.08 bits per heavy atom. The lowest BCUT2D eigenvalue weighted by Crippen LogP contribution is -2.41. The molecule has 1 N–H and O–H groups in total. The van der Waals surface area contributed by atoms with Gasteiger partial charge in [-0.15, -0.1) is 0 Å². The molecule has 2 aromatic rings. The van der Waals surface area contributed by atoms with E-state index in [1.165, 1.54) is 25.7 Å². The number of aromatic nitrogens is 1. The molecule has 3 nitrogen and oxygen atoms in total. The van der Waals surface area contributed by atoms with Crippen molar-refractivity contribution in [3.63, 3.8) is 0 Å². The predicted molar refractivity (Wildman–Crippen MR) is 104 cm³/mol. The number of nitrogens with zero attached hydrogens (tertiary/aromatic N) is 2. The molecule has 1 saturated carbocycles. The highest BCUT2D eigenvalue weighted by Crippen LogP contribution is 2.26. The van der Waals surface area contributed by atoms with Gasteiger partial charge in [-0.25, -0.2) is 0 Å². The third-order valence-corrected chi connectivity index (χ3v) is 5.09. The lowest BCUT2D eigenvalue weighted by molar-refractivity contribution is 0.309. The van der Waals surface area contributed by atoms with Crippen LogP contribution in [0.1, 0.15) is 36.9 Å². The lowest BCUT2D eigenvalue weighted by Gasteiger charge is -2.31. The fourth-order valence-corrected chi connectivity index (χ4v) is 3.75. The minimum absolute atomic E-state index is 0.486. The molecule has 126 valence electrons. The van der Waals surface area contributed by atoms with Crippen molar-refractivity contribution in [1.82, 2.24) is 9.88 Å². The molecule has 0 unspecified atom stereocenters. The van der Waals surface area contributed by atoms with Gasteiger partial charge in [0.25, 0.3) is 0 Å². The molecule has 1 aromatic carbocycles. The molecule has 1 aromatic heterocycles. The van der Waals surface area contributed by atoms with Crippen molar-refractivity contribution in [2.45, 2.75) is 45.2 Å². The summed E-state index contributed by atoms with van der Waals surface area (Å²) in [5.41, 5.74) is 3.14. The summed E-state index contributed by atoms with van der Waals surface area (Å²) in [5, 5.41) is 4.91. The molecule has 0 saturated heterocycles. The van der Waals surface area contributed by atoms with Gasteiger partial charge in [0.05, 0.1) is 12.2 Å². The van der Waals surface area contributed by atoms with Crippen LogP contribution in [0.4, 0.5) is 5.69 Å². The number of halogens is 1. The van der Waals surface area contributed by atoms with E-state index in [0.717, 1.165) is 33.6 Å². The second-order valence-electron chi connectivity index (χ2n) is 6.28. The molecule has 1 aliphatic rings. The zero-order valence-corrected chi connectivity index (χ0v) is 15.4. The summed E-state index contributed by atoms with van der Waals surface area (Å²) < 4.78 is 0. The van der Waals surface area contributed by atoms with Gasteiger partial charge >= 0.3 is 0 Å². The summed E-state index contributed by atoms with van der Waals surface area (Å²) >= 11 is 11.8. The van der Waals surface area contributed by atoms with Gasteiger partial charge in [0.2, 0.25) is 0 Å². The van der Waals surface area contributed by atoms with Gasteiger partial charge in [0, 0.05) is 22.9 Å². The van der Waals surface area contributed by atoms with Gasteiger partial charge in [-0.3, -0.25) is 4.98 Å². The van der Waals surface area contributed by atoms with Crippen LogP contribution in [0, 0.1) is 6.92 Å². The van der Waals surface area contributed by atoms with Gasteiger partial charge in [-0.05, 0) is 67.9 Å². The number of thiocarbonyl (C=S) groups is 1. The lowest BCUT2D eigenvalue weighted by atomic mass is 10.2. The molecule has 1 aliphatic carbocycles. The van der Waals surface area contributed by atoms with Gasteiger partial charge in [0.1, 0.15) is 0 Å². The highest BCUT2D eigenvalue weighted by molar-refractivity contribution is 7.80. The normalized spacial score (nSPS) is 14.6. The third-order valence-electron chi connectivity index (χ3n) is 4.51. The number of hydrogen-bond donors (Lipinski definition) is 1. The van der Waals surface area contributed by atoms with Crippen LogP contribution in [0.5, 0.6) is 0 Å². The molecular formula is C19H22ClN3S. The first kappa shape index (κ1) is 17.2. The van der Waals surface area contributed by atoms with Crippen LogP contribution in [0.2, 0.25) is 5.02 Å². The number of nitrogens with one attached hydrogen (secondary N) is 1. The van der Waals surface area contributed by atoms with Crippen molar-refractivity contribution in [2.75, 3.05) is 5.32 Å². The number of rotatable bonds is 4. The van der Waals surface area contributed by atoms with E-state index < -0.39 is 0 Å². The minimum Gasteiger partial charge on any atom is -0.340 e. The predicted octanol–water partition coefficient (Wildman–Crippen LogP) is 5.19. The first-order valence-corrected chi connectivity index (χ1v) is 9.16. The summed E-state index contributed by atoms with van der Waals surface area (Å²) in [4.78, 5) is 6.75. The average molecular weight is 360 g/mol. The molecule has 24 heavy (non-hydrogen) atoms. The summed E-state index contributed by atoms with van der Waals surface area (Å²) in [6, 6.07) is 12.3. The molecule has 0 spiro atoms. The standard InChI is InChI=1S/C19H22ClN3S/c1-14-12-15(20)9-10-18(14)22-19(24)23(17-7-2-3-8-17)13-16-6-4-5-11-21-16/h4-6,9-12,17H,2-3,7-8,13H2,1H3,(H,22,24). The van der Waals surface area contributed by atoms with Crippen LogP contribution in [-0.2, 0) is 6.54 Å². The fraction of sp³-hybridized carbons (Fsp3) is 0.368. The summed E-state index contributed by atoms with van der Waals surface area (Å²) in [6.45, 7) is 2.78. The monoisotopic (exact) mass is 359 g/mol. The van der Waals surface area contributed by atoms with E-state index in [1.54, 1.807) is 0 Å². The number of hydrogen-bond acceptors (Lipinski definition) is 2. The van der Waals surface area contributed by atoms with Gasteiger partial charge < -0.3 is 10.2 Å². The Morgan fingerprint density at radius 3 is 2.75 bits per heavy atom. The van der Waals surface area contributed by atoms with Crippen LogP contribution in [-0.4, -0.2) is 21.0 Å². The van der Waals surface area contributed by atoms with Gasteiger partial charge in [-0.1, -0.05) is 30.5 Å². The minimum atomic E-state index is 0.486. The Labute approximate surface area is 154 Å². The average Bonchev–Trinajstić information content (AvgIpc) is 3.10. The first-order valence-electron chi connectivity index (χ1n) is 8.37. The zero-order valence-electron chi connectivity index (χ0n) is 13.8. The first-order chi connectivity index (χ1) is 11.6. The Hall–Kier alpha value is -1.65. The van der Waals surface area contributed by atoms with Crippen molar-refractivity contribution in [3.05, 3.63) is 58.9 Å². The van der Waals surface area contributed by atoms with E-state index in [0.29, 0.717) is 6.04 Å². The topological polar surface area (TPSA) is 28.2 Å². The van der Waals surface area contributed by atoms with Gasteiger partial charge in [0.15, 0.2) is 5.11 Å². The number of benzene rings is 1. The SMILES string of the molecule is Cc1cc(Cl)ccc1NC(=S)N(Cc1ccccn1)C1CCCC1. The van der Waals surface area contributed by atoms with Crippen molar-refractivity contribution in [3.8, 4) is 0 Å². The second kappa shape index (κ2) is 7.95. The van der Waals surface area contributed by atoms with E-state index >= 15 is 0 Å². The molecule has 5 heteroatoms. The number of anilines is 1. The number of pyridine rings is 1. The molecule has 1 fully saturated rings. The van der Waals surface area contributed by atoms with Crippen molar-refractivity contribution < 1.29 is 0 Å². The molecular weight excluding hydrogens is 338 g/mol. The molecule has 1 heterocycles. The van der Waals surface area contributed by atoms with Crippen LogP contribution < -0.4 is 5.32 Å². The molecule has 0 aliphatic heterocycles. The largest absolute Gasteiger partial charge is 0.340 e. The van der Waals surface area contributed by atoms with Crippen molar-refractivity contribution in [2.24, 2.45) is 0 Å². The molecule has 0 radical (unpaired) electrons. The molecule has 0 bridgehead atoms. The Morgan fingerprint density at radius 1 is 1.29 bits per heavy atom. The Balaban J connectivity index is 1.77. The van der Waals surface area contributed by atoms with Crippen LogP contribution in [0.15, 0.2) is 42.6 Å². The molecule has 0 atom stereocenters. The van der Waals surface area contributed by atoms with Crippen LogP contribution in [0.3, 0.4) is 0 Å². The smallest absolute Gasteiger partial charge is 0.174 e. The van der Waals surface area contributed by atoms with E-state index in [9.17, 15) is 0 Å². The molecule has 3 rings (SSSR count). The quantitative estimate of drug-likeness (QED) is 0.761. The summed E-state index contributed by atoms with van der Waals surface area (Å²) in [7, 11) is 0. The third kappa shape index (κ3) is 4.25. The second-order valence-corrected chi connectivity index (χ2v) is 7.10. The Kier molecular flexibility index (Phi) is 5.69. The maximum atomic E-state index is 6.05. The summed E-state index contributed by atoms with van der Waals surface area (Å²) in [5.74, 6) is 0. The van der Waals surface area contributed by atoms with E-state index in [2.05, 4.69) is 21.3 Å². The molecule has 0 amide bonds. The highest BCUT2D eigenvalue weighted by atomic mass is 35.5.